The van der Waals surface area contributed by atoms with Gasteiger partial charge in [-0.25, -0.2) is 0 Å². The van der Waals surface area contributed by atoms with Crippen LogP contribution in [0.2, 0.25) is 0 Å². The van der Waals surface area contributed by atoms with Crippen LogP contribution in [0.3, 0.4) is 0 Å². The Morgan fingerprint density at radius 1 is 1.11 bits per heavy atom. The molecule has 9 heavy (non-hydrogen) atoms. The predicted octanol–water partition coefficient (Wildman–Crippen LogP) is 2.73. The van der Waals surface area contributed by atoms with Gasteiger partial charge >= 0.3 is 0 Å². The zero-order valence-corrected chi connectivity index (χ0v) is 6.59. The first-order valence-corrected chi connectivity index (χ1v) is 3.34. The molecule has 1 aromatic heterocycles. The highest BCUT2D eigenvalue weighted by atomic mass is 16.5. The Bertz CT molecular complexity index is 65.4. The third kappa shape index (κ3) is 11.0. The molecule has 2 nitrogen and oxygen atoms in total. The summed E-state index contributed by atoms with van der Waals surface area (Å²) in [7, 11) is 0. The molecule has 54 valence electrons. The summed E-state index contributed by atoms with van der Waals surface area (Å²) in [5.41, 5.74) is 0. The van der Waals surface area contributed by atoms with Gasteiger partial charge in [0.05, 0.1) is 6.20 Å². The molecule has 1 rings (SSSR count). The van der Waals surface area contributed by atoms with Crippen LogP contribution in [0.1, 0.15) is 27.7 Å². The molecular weight excluding hydrogens is 114 g/mol. The molecule has 0 bridgehead atoms. The summed E-state index contributed by atoms with van der Waals surface area (Å²) in [6.45, 7) is 8.00. The molecular formula is C7H15NO. The van der Waals surface area contributed by atoms with Crippen LogP contribution in [0, 0.1) is 0 Å². The van der Waals surface area contributed by atoms with Gasteiger partial charge in [-0.3, -0.25) is 0 Å². The summed E-state index contributed by atoms with van der Waals surface area (Å²) in [5.74, 6) is 0. The van der Waals surface area contributed by atoms with E-state index in [1.807, 2.05) is 27.7 Å². The van der Waals surface area contributed by atoms with Crippen molar-refractivity contribution in [2.24, 2.45) is 0 Å². The molecule has 1 aromatic rings. The van der Waals surface area contributed by atoms with E-state index in [0.29, 0.717) is 0 Å². The fourth-order valence-corrected chi connectivity index (χ4v) is 0.176. The Morgan fingerprint density at radius 2 is 1.67 bits per heavy atom. The van der Waals surface area contributed by atoms with E-state index in [-0.39, 0.29) is 0 Å². The van der Waals surface area contributed by atoms with E-state index in [4.69, 9.17) is 0 Å². The van der Waals surface area contributed by atoms with Gasteiger partial charge in [0.2, 0.25) is 0 Å². The summed E-state index contributed by atoms with van der Waals surface area (Å²) < 4.78 is 4.33. The van der Waals surface area contributed by atoms with Crippen molar-refractivity contribution < 1.29 is 4.52 Å². The van der Waals surface area contributed by atoms with Gasteiger partial charge in [0.1, 0.15) is 6.26 Å². The summed E-state index contributed by atoms with van der Waals surface area (Å²) in [6.07, 6.45) is 3.10. The van der Waals surface area contributed by atoms with Crippen molar-refractivity contribution in [3.63, 3.8) is 0 Å². The monoisotopic (exact) mass is 129 g/mol. The van der Waals surface area contributed by atoms with Crippen LogP contribution in [-0.4, -0.2) is 5.16 Å². The summed E-state index contributed by atoms with van der Waals surface area (Å²) >= 11 is 0. The maximum atomic E-state index is 4.33. The average Bonchev–Trinajstić information content (AvgIpc) is 2.51. The highest BCUT2D eigenvalue weighted by Crippen LogP contribution is 1.72. The third-order valence-corrected chi connectivity index (χ3v) is 0.347. The Morgan fingerprint density at radius 3 is 1.78 bits per heavy atom. The fraction of sp³-hybridized carbons (Fsp3) is 0.571. The lowest BCUT2D eigenvalue weighted by Crippen LogP contribution is -1.38. The Hall–Kier alpha value is -0.790. The molecule has 2 heteroatoms. The van der Waals surface area contributed by atoms with Crippen LogP contribution in [0.15, 0.2) is 23.0 Å². The molecule has 0 unspecified atom stereocenters. The van der Waals surface area contributed by atoms with Crippen molar-refractivity contribution in [1.29, 1.82) is 0 Å². The second kappa shape index (κ2) is 15.7. The van der Waals surface area contributed by atoms with Crippen molar-refractivity contribution in [3.8, 4) is 0 Å². The SMILES string of the molecule is CC.CC.c1cnoc1. The number of aromatic nitrogens is 1. The standard InChI is InChI=1S/C3H3NO.2C2H6/c1-2-4-5-3-1;2*1-2/h1-3H;2*1-2H3. The number of hydrogen-bond donors (Lipinski definition) is 0. The summed E-state index contributed by atoms with van der Waals surface area (Å²) in [4.78, 5) is 0. The van der Waals surface area contributed by atoms with E-state index in [1.165, 1.54) is 6.26 Å². The van der Waals surface area contributed by atoms with Gasteiger partial charge in [0.15, 0.2) is 0 Å². The van der Waals surface area contributed by atoms with Gasteiger partial charge < -0.3 is 4.52 Å². The van der Waals surface area contributed by atoms with Crippen molar-refractivity contribution in [2.75, 3.05) is 0 Å². The van der Waals surface area contributed by atoms with Crippen LogP contribution < -0.4 is 0 Å². The normalized spacial score (nSPS) is 5.78. The molecule has 0 fully saturated rings. The van der Waals surface area contributed by atoms with Gasteiger partial charge in [-0.2, -0.15) is 0 Å². The molecule has 0 aliphatic rings. The zero-order valence-electron chi connectivity index (χ0n) is 6.59. The highest BCUT2D eigenvalue weighted by Gasteiger charge is 1.60. The average molecular weight is 129 g/mol. The second-order valence-corrected chi connectivity index (χ2v) is 0.688. The Kier molecular flexibility index (Phi) is 19.3. The lowest BCUT2D eigenvalue weighted by molar-refractivity contribution is 0.420. The molecule has 1 heterocycles. The highest BCUT2D eigenvalue weighted by molar-refractivity contribution is 4.67. The number of nitrogens with zero attached hydrogens (tertiary/aromatic N) is 1. The maximum Gasteiger partial charge on any atom is 0.123 e. The van der Waals surface area contributed by atoms with E-state index >= 15 is 0 Å². The largest absolute Gasteiger partial charge is 0.365 e. The molecule has 0 aliphatic heterocycles. The molecule has 0 aromatic carbocycles. The first-order valence-electron chi connectivity index (χ1n) is 3.34. The van der Waals surface area contributed by atoms with Gasteiger partial charge in [-0.1, -0.05) is 32.9 Å². The summed E-state index contributed by atoms with van der Waals surface area (Å²) in [6, 6.07) is 1.72. The molecule has 0 atom stereocenters. The first-order chi connectivity index (χ1) is 4.50. The lowest BCUT2D eigenvalue weighted by atomic mass is 10.8. The molecule has 0 saturated heterocycles. The minimum absolute atomic E-state index is 1.51. The molecule has 0 spiro atoms. The van der Waals surface area contributed by atoms with Crippen molar-refractivity contribution in [1.82, 2.24) is 5.16 Å². The number of rotatable bonds is 0. The summed E-state index contributed by atoms with van der Waals surface area (Å²) in [5, 5.41) is 3.35. The third-order valence-electron chi connectivity index (χ3n) is 0.347. The zero-order chi connectivity index (χ0) is 7.54. The molecule has 0 radical (unpaired) electrons. The lowest BCUT2D eigenvalue weighted by Gasteiger charge is -1.48. The smallest absolute Gasteiger partial charge is 0.123 e. The van der Waals surface area contributed by atoms with Gasteiger partial charge in [0, 0.05) is 0 Å². The molecule has 0 amide bonds. The van der Waals surface area contributed by atoms with E-state index in [2.05, 4.69) is 9.68 Å². The van der Waals surface area contributed by atoms with E-state index in [0.717, 1.165) is 0 Å². The topological polar surface area (TPSA) is 26.0 Å². The molecule has 0 aliphatic carbocycles. The van der Waals surface area contributed by atoms with Crippen molar-refractivity contribution in [3.05, 3.63) is 18.5 Å². The van der Waals surface area contributed by atoms with Crippen LogP contribution in [0.4, 0.5) is 0 Å². The van der Waals surface area contributed by atoms with Crippen LogP contribution in [-0.2, 0) is 0 Å². The van der Waals surface area contributed by atoms with Crippen LogP contribution in [0.25, 0.3) is 0 Å². The Balaban J connectivity index is 0. The van der Waals surface area contributed by atoms with Crippen molar-refractivity contribution >= 4 is 0 Å². The molecule has 0 saturated carbocycles. The van der Waals surface area contributed by atoms with Crippen LogP contribution in [0.5, 0.6) is 0 Å². The van der Waals surface area contributed by atoms with Gasteiger partial charge in [0.25, 0.3) is 0 Å². The maximum absolute atomic E-state index is 4.33. The predicted molar refractivity (Wildman–Crippen MR) is 39.2 cm³/mol. The fourth-order valence-electron chi connectivity index (χ4n) is 0.176. The Labute approximate surface area is 56.9 Å². The first kappa shape index (κ1) is 11.1. The number of hydrogen-bond acceptors (Lipinski definition) is 2. The van der Waals surface area contributed by atoms with E-state index < -0.39 is 0 Å². The van der Waals surface area contributed by atoms with Gasteiger partial charge in [-0.05, 0) is 6.07 Å². The minimum Gasteiger partial charge on any atom is -0.365 e. The second-order valence-electron chi connectivity index (χ2n) is 0.688. The minimum atomic E-state index is 1.51. The molecule has 0 N–H and O–H groups in total. The van der Waals surface area contributed by atoms with E-state index in [1.54, 1.807) is 12.3 Å². The van der Waals surface area contributed by atoms with Gasteiger partial charge in [-0.15, -0.1) is 0 Å². The van der Waals surface area contributed by atoms with E-state index in [9.17, 15) is 0 Å². The van der Waals surface area contributed by atoms with Crippen molar-refractivity contribution in [2.45, 2.75) is 27.7 Å². The quantitative estimate of drug-likeness (QED) is 0.538. The van der Waals surface area contributed by atoms with Crippen LogP contribution >= 0.6 is 0 Å².